The lowest BCUT2D eigenvalue weighted by molar-refractivity contribution is -0.0260. The normalized spacial score (nSPS) is 16.9. The molecular weight excluding hydrogens is 445 g/mol. The second-order valence-corrected chi connectivity index (χ2v) is 8.10. The largest absolute Gasteiger partial charge is 0.363 e. The Kier molecular flexibility index (Phi) is 5.98. The van der Waals surface area contributed by atoms with Crippen LogP contribution >= 0.6 is 0 Å². The van der Waals surface area contributed by atoms with Crippen LogP contribution in [0, 0.1) is 12.7 Å². The Morgan fingerprint density at radius 1 is 1.12 bits per heavy atom. The molecule has 0 aliphatic carbocycles. The molecule has 0 saturated carbocycles. The van der Waals surface area contributed by atoms with Gasteiger partial charge in [-0.1, -0.05) is 18.2 Å². The highest BCUT2D eigenvalue weighted by molar-refractivity contribution is 5.88. The molecule has 1 saturated heterocycles. The van der Waals surface area contributed by atoms with Crippen molar-refractivity contribution in [2.45, 2.75) is 45.1 Å². The zero-order chi connectivity index (χ0) is 23.9. The molecule has 1 aromatic carbocycles. The van der Waals surface area contributed by atoms with Gasteiger partial charge in [0.05, 0.1) is 22.5 Å². The van der Waals surface area contributed by atoms with E-state index in [2.05, 4.69) is 15.3 Å². The number of anilines is 1. The number of pyridine rings is 1. The van der Waals surface area contributed by atoms with Gasteiger partial charge in [0, 0.05) is 43.8 Å². The van der Waals surface area contributed by atoms with Crippen molar-refractivity contribution in [3.8, 4) is 0 Å². The highest BCUT2D eigenvalue weighted by Gasteiger charge is 2.34. The molecule has 0 amide bonds. The number of aromatic nitrogens is 3. The van der Waals surface area contributed by atoms with E-state index in [0.29, 0.717) is 16.7 Å². The third-order valence-corrected chi connectivity index (χ3v) is 5.71. The van der Waals surface area contributed by atoms with Crippen LogP contribution in [-0.2, 0) is 0 Å². The van der Waals surface area contributed by atoms with Crippen LogP contribution in [0.4, 0.5) is 27.8 Å². The summed E-state index contributed by atoms with van der Waals surface area (Å²) >= 11 is 0. The number of nitrogens with one attached hydrogen (secondary N) is 1. The average molecular weight is 467 g/mol. The van der Waals surface area contributed by atoms with Crippen molar-refractivity contribution in [2.75, 3.05) is 23.4 Å². The summed E-state index contributed by atoms with van der Waals surface area (Å²) in [6, 6.07) is 4.33. The van der Waals surface area contributed by atoms with E-state index in [1.165, 1.54) is 34.1 Å². The lowest BCUT2D eigenvalue weighted by Gasteiger charge is -2.34. The molecule has 3 aromatic rings. The maximum Gasteiger partial charge on any atom is 0.271 e. The van der Waals surface area contributed by atoms with E-state index in [1.807, 2.05) is 0 Å². The van der Waals surface area contributed by atoms with Gasteiger partial charge in [-0.2, -0.15) is 0 Å². The molecule has 1 N–H and O–H groups in total. The second-order valence-electron chi connectivity index (χ2n) is 8.10. The number of rotatable bonds is 5. The summed E-state index contributed by atoms with van der Waals surface area (Å²) < 4.78 is 69.2. The van der Waals surface area contributed by atoms with Crippen molar-refractivity contribution in [1.29, 1.82) is 0 Å². The molecular formula is C22H22F5N5O. The van der Waals surface area contributed by atoms with E-state index in [0.717, 1.165) is 6.07 Å². The summed E-state index contributed by atoms with van der Waals surface area (Å²) in [5.41, 5.74) is -0.771. The van der Waals surface area contributed by atoms with Gasteiger partial charge >= 0.3 is 0 Å². The van der Waals surface area contributed by atoms with Gasteiger partial charge in [-0.15, -0.1) is 0 Å². The first-order valence-corrected chi connectivity index (χ1v) is 10.4. The maximum absolute atomic E-state index is 14.6. The number of fused-ring (bicyclic) bond motifs is 1. The van der Waals surface area contributed by atoms with Crippen molar-refractivity contribution in [3.05, 3.63) is 63.6 Å². The molecule has 1 atom stereocenters. The lowest BCUT2D eigenvalue weighted by Crippen LogP contribution is -2.49. The standard InChI is InChI=1S/C22H22F5N5O/c1-12(14-4-3-5-15(19(14)23)20(24)25)28-21-16-11-32(31-8-6-22(26,27)7-9-31)18(33)10-17(16)29-13(2)30-21/h3-5,10-12,20H,6-9H2,1-2H3,(H,28,29,30)/t12-/m1/s1. The lowest BCUT2D eigenvalue weighted by atomic mass is 10.0. The van der Waals surface area contributed by atoms with E-state index in [-0.39, 0.29) is 37.3 Å². The minimum atomic E-state index is -2.95. The molecule has 0 unspecified atom stereocenters. The molecule has 1 aliphatic heterocycles. The fourth-order valence-corrected chi connectivity index (χ4v) is 3.93. The average Bonchev–Trinajstić information content (AvgIpc) is 2.73. The van der Waals surface area contributed by atoms with Crippen molar-refractivity contribution < 1.29 is 22.0 Å². The van der Waals surface area contributed by atoms with Gasteiger partial charge < -0.3 is 10.3 Å². The highest BCUT2D eigenvalue weighted by Crippen LogP contribution is 2.31. The van der Waals surface area contributed by atoms with Crippen LogP contribution in [0.1, 0.15) is 49.2 Å². The van der Waals surface area contributed by atoms with Crippen LogP contribution < -0.4 is 15.9 Å². The fraction of sp³-hybridized carbons (Fsp3) is 0.409. The van der Waals surface area contributed by atoms with Crippen molar-refractivity contribution in [2.24, 2.45) is 0 Å². The number of nitrogens with zero attached hydrogens (tertiary/aromatic N) is 4. The predicted molar refractivity (Wildman–Crippen MR) is 114 cm³/mol. The third-order valence-electron chi connectivity index (χ3n) is 5.71. The highest BCUT2D eigenvalue weighted by atomic mass is 19.3. The van der Waals surface area contributed by atoms with Gasteiger partial charge in [-0.25, -0.2) is 36.6 Å². The van der Waals surface area contributed by atoms with Gasteiger partial charge in [-0.3, -0.25) is 4.79 Å². The maximum atomic E-state index is 14.6. The molecule has 0 radical (unpaired) electrons. The van der Waals surface area contributed by atoms with E-state index in [4.69, 9.17) is 0 Å². The Balaban J connectivity index is 1.72. The number of hydrogen-bond acceptors (Lipinski definition) is 5. The third kappa shape index (κ3) is 4.62. The Bertz CT molecular complexity index is 1240. The van der Waals surface area contributed by atoms with Gasteiger partial charge in [0.1, 0.15) is 17.5 Å². The van der Waals surface area contributed by atoms with Crippen molar-refractivity contribution in [1.82, 2.24) is 14.6 Å². The van der Waals surface area contributed by atoms with E-state index in [1.54, 1.807) is 13.8 Å². The van der Waals surface area contributed by atoms with E-state index >= 15 is 0 Å². The number of hydrogen-bond donors (Lipinski definition) is 1. The minimum Gasteiger partial charge on any atom is -0.363 e. The van der Waals surface area contributed by atoms with Crippen LogP contribution in [0.2, 0.25) is 0 Å². The number of aryl methyl sites for hydroxylation is 1. The number of benzene rings is 1. The summed E-state index contributed by atoms with van der Waals surface area (Å²) in [5, 5.41) is 4.96. The van der Waals surface area contributed by atoms with Gasteiger partial charge in [0.25, 0.3) is 17.9 Å². The molecule has 2 aromatic heterocycles. The Labute approximate surface area is 186 Å². The zero-order valence-corrected chi connectivity index (χ0v) is 18.0. The first kappa shape index (κ1) is 22.9. The van der Waals surface area contributed by atoms with Crippen LogP contribution in [0.5, 0.6) is 0 Å². The molecule has 11 heteroatoms. The second kappa shape index (κ2) is 8.60. The Hall–Kier alpha value is -3.24. The summed E-state index contributed by atoms with van der Waals surface area (Å²) in [4.78, 5) is 21.2. The number of halogens is 5. The smallest absolute Gasteiger partial charge is 0.271 e. The van der Waals surface area contributed by atoms with Gasteiger partial charge in [-0.05, 0) is 13.8 Å². The van der Waals surface area contributed by atoms with Gasteiger partial charge in [0.15, 0.2) is 0 Å². The summed E-state index contributed by atoms with van der Waals surface area (Å²) in [7, 11) is 0. The Morgan fingerprint density at radius 3 is 2.45 bits per heavy atom. The van der Waals surface area contributed by atoms with E-state index in [9.17, 15) is 26.7 Å². The minimum absolute atomic E-state index is 0.00404. The van der Waals surface area contributed by atoms with Crippen molar-refractivity contribution >= 4 is 16.7 Å². The molecule has 4 rings (SSSR count). The molecule has 1 aliphatic rings. The van der Waals surface area contributed by atoms with Crippen LogP contribution in [-0.4, -0.2) is 33.7 Å². The number of piperidine rings is 1. The van der Waals surface area contributed by atoms with Gasteiger partial charge in [0.2, 0.25) is 0 Å². The molecule has 3 heterocycles. The topological polar surface area (TPSA) is 63.1 Å². The Morgan fingerprint density at radius 2 is 1.79 bits per heavy atom. The van der Waals surface area contributed by atoms with Crippen LogP contribution in [0.25, 0.3) is 10.9 Å². The van der Waals surface area contributed by atoms with Crippen molar-refractivity contribution in [3.63, 3.8) is 0 Å². The zero-order valence-electron chi connectivity index (χ0n) is 18.0. The van der Waals surface area contributed by atoms with Crippen LogP contribution in [0.3, 0.4) is 0 Å². The predicted octanol–water partition coefficient (Wildman–Crippen LogP) is 4.72. The molecule has 176 valence electrons. The molecule has 0 spiro atoms. The molecule has 0 bridgehead atoms. The fourth-order valence-electron chi connectivity index (χ4n) is 3.93. The molecule has 1 fully saturated rings. The molecule has 6 nitrogen and oxygen atoms in total. The monoisotopic (exact) mass is 467 g/mol. The SMILES string of the molecule is Cc1nc(N[C@H](C)c2cccc(C(F)F)c2F)c2cn(N3CCC(F)(F)CC3)c(=O)cc2n1. The first-order chi connectivity index (χ1) is 15.6. The molecule has 33 heavy (non-hydrogen) atoms. The number of alkyl halides is 4. The van der Waals surface area contributed by atoms with E-state index < -0.39 is 35.3 Å². The summed E-state index contributed by atoms with van der Waals surface area (Å²) in [5.74, 6) is -3.17. The summed E-state index contributed by atoms with van der Waals surface area (Å²) in [6.45, 7) is 3.21. The first-order valence-electron chi connectivity index (χ1n) is 10.4. The van der Waals surface area contributed by atoms with Crippen LogP contribution in [0.15, 0.2) is 35.3 Å². The summed E-state index contributed by atoms with van der Waals surface area (Å²) in [6.07, 6.45) is -2.24. The quantitative estimate of drug-likeness (QED) is 0.551.